The third kappa shape index (κ3) is 4.10. The highest BCUT2D eigenvalue weighted by Gasteiger charge is 1.98. The highest BCUT2D eigenvalue weighted by molar-refractivity contribution is 8.04. The maximum Gasteiger partial charge on any atom is 0.110 e. The number of halogens is 2. The maximum absolute atomic E-state index is 5.44. The molecule has 0 radical (unpaired) electrons. The first-order valence-corrected chi connectivity index (χ1v) is 5.16. The molecule has 1 aliphatic rings. The summed E-state index contributed by atoms with van der Waals surface area (Å²) in [5.41, 5.74) is 0. The van der Waals surface area contributed by atoms with Crippen molar-refractivity contribution in [1.82, 2.24) is 0 Å². The molecule has 0 aliphatic carbocycles. The summed E-state index contributed by atoms with van der Waals surface area (Å²) in [4.78, 5) is 0. The van der Waals surface area contributed by atoms with Gasteiger partial charge in [0.05, 0.1) is 6.26 Å². The lowest BCUT2D eigenvalue weighted by Gasteiger charge is -2.07. The fourth-order valence-electron chi connectivity index (χ4n) is 0.732. The van der Waals surface area contributed by atoms with E-state index in [2.05, 4.69) is 0 Å². The van der Waals surface area contributed by atoms with Crippen molar-refractivity contribution in [2.75, 3.05) is 0 Å². The Labute approximate surface area is 86.1 Å². The van der Waals surface area contributed by atoms with Crippen LogP contribution in [0, 0.1) is 0 Å². The molecule has 0 unspecified atom stereocenters. The van der Waals surface area contributed by atoms with Crippen LogP contribution in [0.15, 0.2) is 33.4 Å². The van der Waals surface area contributed by atoms with E-state index in [0.29, 0.717) is 4.49 Å². The number of rotatable bonds is 3. The molecule has 1 rings (SSSR count). The van der Waals surface area contributed by atoms with Crippen LogP contribution in [-0.4, -0.2) is 0 Å². The molecule has 0 spiro atoms. The molecule has 0 saturated carbocycles. The van der Waals surface area contributed by atoms with Gasteiger partial charge in [0.15, 0.2) is 0 Å². The first-order valence-electron chi connectivity index (χ1n) is 3.46. The van der Waals surface area contributed by atoms with E-state index in [-0.39, 0.29) is 0 Å². The number of allylic oxidation sites excluding steroid dienone is 2. The summed E-state index contributed by atoms with van der Waals surface area (Å²) in [5.74, 6) is 0.952. The molecule has 0 bridgehead atoms. The third-order valence-electron chi connectivity index (χ3n) is 1.24. The van der Waals surface area contributed by atoms with Gasteiger partial charge < -0.3 is 4.74 Å². The summed E-state index contributed by atoms with van der Waals surface area (Å²) in [6, 6.07) is 0. The second-order valence-corrected chi connectivity index (χ2v) is 3.93. The molecule has 0 amide bonds. The standard InChI is InChI=1S/C8H8Cl2OS/c9-8(10)3-1-2-7-6-12-5-4-11-7/h3-6H,1-2H2. The lowest BCUT2D eigenvalue weighted by atomic mass is 10.3. The first kappa shape index (κ1) is 10.0. The van der Waals surface area contributed by atoms with Gasteiger partial charge >= 0.3 is 0 Å². The van der Waals surface area contributed by atoms with Crippen molar-refractivity contribution in [1.29, 1.82) is 0 Å². The van der Waals surface area contributed by atoms with Crippen LogP contribution in [0.5, 0.6) is 0 Å². The predicted octanol–water partition coefficient (Wildman–Crippen LogP) is 4.16. The van der Waals surface area contributed by atoms with E-state index in [1.807, 2.05) is 10.8 Å². The van der Waals surface area contributed by atoms with Gasteiger partial charge in [0.25, 0.3) is 0 Å². The largest absolute Gasteiger partial charge is 0.468 e. The smallest absolute Gasteiger partial charge is 0.110 e. The molecule has 0 aromatic heterocycles. The average molecular weight is 223 g/mol. The maximum atomic E-state index is 5.44. The molecule has 1 heterocycles. The van der Waals surface area contributed by atoms with Gasteiger partial charge in [-0.15, -0.1) is 0 Å². The molecular weight excluding hydrogens is 215 g/mol. The summed E-state index contributed by atoms with van der Waals surface area (Å²) in [6.45, 7) is 0. The SMILES string of the molecule is ClC(Cl)=CCCC1=CSC=CO1. The second-order valence-electron chi connectivity index (χ2n) is 2.14. The van der Waals surface area contributed by atoms with E-state index in [9.17, 15) is 0 Å². The molecule has 4 heteroatoms. The Morgan fingerprint density at radius 1 is 1.58 bits per heavy atom. The van der Waals surface area contributed by atoms with Crippen LogP contribution >= 0.6 is 35.0 Å². The van der Waals surface area contributed by atoms with Gasteiger partial charge in [-0.25, -0.2) is 0 Å². The van der Waals surface area contributed by atoms with Crippen molar-refractivity contribution in [2.24, 2.45) is 0 Å². The number of thioether (sulfide) groups is 1. The highest BCUT2D eigenvalue weighted by Crippen LogP contribution is 2.21. The van der Waals surface area contributed by atoms with Crippen LogP contribution in [0.4, 0.5) is 0 Å². The average Bonchev–Trinajstić information content (AvgIpc) is 2.05. The van der Waals surface area contributed by atoms with Crippen LogP contribution < -0.4 is 0 Å². The van der Waals surface area contributed by atoms with E-state index in [0.717, 1.165) is 18.6 Å². The van der Waals surface area contributed by atoms with E-state index in [1.54, 1.807) is 24.1 Å². The van der Waals surface area contributed by atoms with E-state index >= 15 is 0 Å². The fourth-order valence-corrected chi connectivity index (χ4v) is 1.47. The topological polar surface area (TPSA) is 9.23 Å². The third-order valence-corrected chi connectivity index (χ3v) is 2.22. The van der Waals surface area contributed by atoms with Gasteiger partial charge in [-0.1, -0.05) is 41.0 Å². The van der Waals surface area contributed by atoms with Crippen LogP contribution in [-0.2, 0) is 4.74 Å². The molecule has 66 valence electrons. The molecule has 0 saturated heterocycles. The Bertz CT molecular complexity index is 229. The minimum Gasteiger partial charge on any atom is -0.468 e. The molecule has 0 fully saturated rings. The number of hydrogen-bond acceptors (Lipinski definition) is 2. The Kier molecular flexibility index (Phi) is 4.66. The van der Waals surface area contributed by atoms with Crippen molar-refractivity contribution < 1.29 is 4.74 Å². The molecule has 0 aromatic carbocycles. The summed E-state index contributed by atoms with van der Waals surface area (Å²) in [6.07, 6.45) is 5.07. The van der Waals surface area contributed by atoms with Gasteiger partial charge in [-0.2, -0.15) is 0 Å². The van der Waals surface area contributed by atoms with Gasteiger partial charge in [0.1, 0.15) is 10.3 Å². The zero-order valence-corrected chi connectivity index (χ0v) is 8.62. The molecular formula is C8H8Cl2OS. The lowest BCUT2D eigenvalue weighted by Crippen LogP contribution is -1.86. The summed E-state index contributed by atoms with van der Waals surface area (Å²) < 4.78 is 5.52. The zero-order valence-electron chi connectivity index (χ0n) is 6.30. The normalized spacial score (nSPS) is 15.0. The fraction of sp³-hybridized carbons (Fsp3) is 0.250. The monoisotopic (exact) mass is 222 g/mol. The Hall–Kier alpha value is -0.0500. The van der Waals surface area contributed by atoms with Gasteiger partial charge in [0, 0.05) is 17.2 Å². The van der Waals surface area contributed by atoms with Crippen LogP contribution in [0.2, 0.25) is 0 Å². The van der Waals surface area contributed by atoms with Crippen molar-refractivity contribution in [3.63, 3.8) is 0 Å². The van der Waals surface area contributed by atoms with Gasteiger partial charge in [0.2, 0.25) is 0 Å². The molecule has 12 heavy (non-hydrogen) atoms. The lowest BCUT2D eigenvalue weighted by molar-refractivity contribution is 0.335. The second kappa shape index (κ2) is 5.57. The zero-order chi connectivity index (χ0) is 8.81. The number of hydrogen-bond donors (Lipinski definition) is 0. The highest BCUT2D eigenvalue weighted by atomic mass is 35.5. The van der Waals surface area contributed by atoms with E-state index in [1.165, 1.54) is 0 Å². The van der Waals surface area contributed by atoms with E-state index < -0.39 is 0 Å². The molecule has 0 atom stereocenters. The van der Waals surface area contributed by atoms with Crippen molar-refractivity contribution in [2.45, 2.75) is 12.8 Å². The minimum absolute atomic E-state index is 0.314. The predicted molar refractivity (Wildman–Crippen MR) is 54.9 cm³/mol. The van der Waals surface area contributed by atoms with Gasteiger partial charge in [-0.05, 0) is 6.42 Å². The number of ether oxygens (including phenoxy) is 1. The molecule has 0 aromatic rings. The van der Waals surface area contributed by atoms with Crippen molar-refractivity contribution in [3.05, 3.63) is 33.4 Å². The summed E-state index contributed by atoms with van der Waals surface area (Å²) >= 11 is 12.5. The summed E-state index contributed by atoms with van der Waals surface area (Å²) in [5, 5.41) is 3.85. The molecule has 1 nitrogen and oxygen atoms in total. The Morgan fingerprint density at radius 3 is 3.00 bits per heavy atom. The van der Waals surface area contributed by atoms with Crippen LogP contribution in [0.1, 0.15) is 12.8 Å². The van der Waals surface area contributed by atoms with Crippen LogP contribution in [0.25, 0.3) is 0 Å². The van der Waals surface area contributed by atoms with E-state index in [4.69, 9.17) is 27.9 Å². The Morgan fingerprint density at radius 2 is 2.42 bits per heavy atom. The van der Waals surface area contributed by atoms with Crippen molar-refractivity contribution in [3.8, 4) is 0 Å². The minimum atomic E-state index is 0.314. The quantitative estimate of drug-likeness (QED) is 0.710. The van der Waals surface area contributed by atoms with Crippen molar-refractivity contribution >= 4 is 35.0 Å². The molecule has 1 aliphatic heterocycles. The summed E-state index contributed by atoms with van der Waals surface area (Å²) in [7, 11) is 0. The van der Waals surface area contributed by atoms with Crippen LogP contribution in [0.3, 0.4) is 0 Å². The first-order chi connectivity index (χ1) is 5.79. The van der Waals surface area contributed by atoms with Gasteiger partial charge in [-0.3, -0.25) is 0 Å². The Balaban J connectivity index is 2.23. The molecule has 0 N–H and O–H groups in total.